The third-order valence-electron chi connectivity index (χ3n) is 8.84. The highest BCUT2D eigenvalue weighted by atomic mass is 16.7. The summed E-state index contributed by atoms with van der Waals surface area (Å²) in [6.45, 7) is 0.793. The van der Waals surface area contributed by atoms with Gasteiger partial charge in [0.1, 0.15) is 77.6 Å². The van der Waals surface area contributed by atoms with E-state index in [1.54, 1.807) is 0 Å². The molecule has 10 N–H and O–H groups in total. The number of benzene rings is 3. The molecule has 3 heterocycles. The molecule has 0 aliphatic carbocycles. The van der Waals surface area contributed by atoms with Crippen molar-refractivity contribution in [2.24, 2.45) is 0 Å². The number of carbonyl (C=O) groups is 1. The molecule has 0 radical (unpaired) electrons. The number of hydrogen-bond donors (Lipinski definition) is 10. The summed E-state index contributed by atoms with van der Waals surface area (Å²) in [5, 5.41) is 103. The second-order valence-corrected chi connectivity index (χ2v) is 12.6. The van der Waals surface area contributed by atoms with Gasteiger partial charge in [0.15, 0.2) is 23.5 Å². The molecule has 54 heavy (non-hydrogen) atoms. The Morgan fingerprint density at radius 1 is 0.778 bits per heavy atom. The number of ether oxygens (including phenoxy) is 5. The van der Waals surface area contributed by atoms with E-state index in [4.69, 9.17) is 28.1 Å². The zero-order valence-corrected chi connectivity index (χ0v) is 28.1. The molecule has 2 fully saturated rings. The van der Waals surface area contributed by atoms with Crippen molar-refractivity contribution in [2.75, 3.05) is 6.61 Å². The van der Waals surface area contributed by atoms with E-state index in [1.807, 2.05) is 0 Å². The van der Waals surface area contributed by atoms with Crippen molar-refractivity contribution >= 4 is 23.0 Å². The lowest BCUT2D eigenvalue weighted by molar-refractivity contribution is -0.349. The van der Waals surface area contributed by atoms with Gasteiger partial charge >= 0.3 is 5.97 Å². The van der Waals surface area contributed by atoms with Crippen LogP contribution in [0, 0.1) is 0 Å². The first-order chi connectivity index (χ1) is 25.6. The van der Waals surface area contributed by atoms with Crippen LogP contribution in [0.25, 0.3) is 28.4 Å². The van der Waals surface area contributed by atoms with E-state index in [0.29, 0.717) is 5.56 Å². The van der Waals surface area contributed by atoms with Gasteiger partial charge in [-0.15, -0.1) is 0 Å². The van der Waals surface area contributed by atoms with Crippen molar-refractivity contribution in [1.29, 1.82) is 0 Å². The SMILES string of the molecule is C[C@@H]1O[C@@H](Oc2cc(O)c3c(=O)c(O)c(-c4ccc(O)cc4)oc3c2)[C@H](O)[C@H](O)[C@H]1O[C@@H]1O[C@H](COC(=O)/C=C/c2ccc(O)c(O)c2)[C@@H](O)[C@H](O)[C@H]1O. The summed E-state index contributed by atoms with van der Waals surface area (Å²) in [5.41, 5.74) is -0.608. The maximum absolute atomic E-state index is 12.9. The highest BCUT2D eigenvalue weighted by Crippen LogP contribution is 2.37. The second kappa shape index (κ2) is 15.5. The topological polar surface area (TPSA) is 296 Å². The van der Waals surface area contributed by atoms with E-state index in [1.165, 1.54) is 61.5 Å². The Balaban J connectivity index is 1.12. The Hall–Kier alpha value is -5.44. The average molecular weight is 757 g/mol. The fourth-order valence-electron chi connectivity index (χ4n) is 5.91. The van der Waals surface area contributed by atoms with Gasteiger partial charge in [-0.05, 0) is 55.0 Å². The molecule has 1 aromatic heterocycles. The molecule has 2 aliphatic rings. The van der Waals surface area contributed by atoms with Crippen LogP contribution < -0.4 is 10.2 Å². The van der Waals surface area contributed by atoms with E-state index in [2.05, 4.69) is 0 Å². The Morgan fingerprint density at radius 2 is 1.48 bits per heavy atom. The number of aliphatic hydroxyl groups excluding tert-OH is 5. The van der Waals surface area contributed by atoms with Gasteiger partial charge < -0.3 is 79.2 Å². The van der Waals surface area contributed by atoms with Crippen molar-refractivity contribution in [1.82, 2.24) is 0 Å². The molecule has 10 atom stereocenters. The molecular formula is C36H36O18. The van der Waals surface area contributed by atoms with Gasteiger partial charge in [0, 0.05) is 23.8 Å². The van der Waals surface area contributed by atoms with Gasteiger partial charge in [-0.25, -0.2) is 4.79 Å². The van der Waals surface area contributed by atoms with Crippen LogP contribution in [0.4, 0.5) is 0 Å². The van der Waals surface area contributed by atoms with Crippen molar-refractivity contribution in [3.63, 3.8) is 0 Å². The quantitative estimate of drug-likeness (QED) is 0.0623. The molecule has 0 spiro atoms. The number of phenols is 4. The van der Waals surface area contributed by atoms with E-state index >= 15 is 0 Å². The average Bonchev–Trinajstić information content (AvgIpc) is 3.13. The van der Waals surface area contributed by atoms with Crippen molar-refractivity contribution in [2.45, 2.75) is 68.3 Å². The minimum atomic E-state index is -1.87. The number of fused-ring (bicyclic) bond motifs is 1. The molecule has 0 amide bonds. The summed E-state index contributed by atoms with van der Waals surface area (Å²) in [7, 11) is 0. The first-order valence-corrected chi connectivity index (χ1v) is 16.3. The Morgan fingerprint density at radius 3 is 2.19 bits per heavy atom. The lowest BCUT2D eigenvalue weighted by atomic mass is 9.97. The van der Waals surface area contributed by atoms with Crippen LogP contribution in [0.2, 0.25) is 0 Å². The Bertz CT molecular complexity index is 2080. The molecule has 18 heteroatoms. The maximum atomic E-state index is 12.9. The molecule has 2 aliphatic heterocycles. The minimum absolute atomic E-state index is 0.0765. The number of aliphatic hydroxyl groups is 5. The highest BCUT2D eigenvalue weighted by molar-refractivity contribution is 5.88. The van der Waals surface area contributed by atoms with E-state index in [9.17, 15) is 60.7 Å². The lowest BCUT2D eigenvalue weighted by Gasteiger charge is -2.45. The molecule has 0 unspecified atom stereocenters. The van der Waals surface area contributed by atoms with E-state index in [-0.39, 0.29) is 39.5 Å². The first kappa shape index (κ1) is 38.3. The lowest BCUT2D eigenvalue weighted by Crippen LogP contribution is -2.64. The molecule has 18 nitrogen and oxygen atoms in total. The Kier molecular flexibility index (Phi) is 11.0. The third-order valence-corrected chi connectivity index (χ3v) is 8.84. The van der Waals surface area contributed by atoms with Crippen molar-refractivity contribution in [3.8, 4) is 45.8 Å². The largest absolute Gasteiger partial charge is 0.508 e. The summed E-state index contributed by atoms with van der Waals surface area (Å²) in [4.78, 5) is 25.2. The molecule has 4 aromatic rings. The summed E-state index contributed by atoms with van der Waals surface area (Å²) in [6, 6.07) is 11.4. The second-order valence-electron chi connectivity index (χ2n) is 12.6. The van der Waals surface area contributed by atoms with Crippen molar-refractivity contribution < 1.29 is 84.0 Å². The predicted octanol–water partition coefficient (Wildman–Crippen LogP) is 0.283. The number of hydrogen-bond acceptors (Lipinski definition) is 18. The van der Waals surface area contributed by atoms with Gasteiger partial charge in [-0.1, -0.05) is 6.07 Å². The van der Waals surface area contributed by atoms with Gasteiger partial charge in [0.25, 0.3) is 0 Å². The third kappa shape index (κ3) is 7.77. The molecule has 0 saturated carbocycles. The summed E-state index contributed by atoms with van der Waals surface area (Å²) in [6.07, 6.45) is -14.2. The highest BCUT2D eigenvalue weighted by Gasteiger charge is 2.50. The van der Waals surface area contributed by atoms with Crippen LogP contribution >= 0.6 is 0 Å². The summed E-state index contributed by atoms with van der Waals surface area (Å²) in [5.74, 6) is -3.66. The number of rotatable bonds is 9. The fraction of sp³-hybridized carbons (Fsp3) is 0.333. The standard InChI is InChI=1S/C36H36O18/c1-14-33(54-36-31(47)28(44)26(42)23(53-36)13-49-24(41)9-3-15-2-8-19(38)20(39)10-15)30(46)32(48)35(50-14)51-18-11-21(40)25-22(12-18)52-34(29(45)27(25)43)16-4-6-17(37)7-5-16/h2-12,14,23,26,28,30-33,35-40,42,44-48H,13H2,1H3/b9-3+/t14-,23+,26+,28-,30-,31+,32+,33-,35-,36-/m0/s1. The predicted molar refractivity (Wildman–Crippen MR) is 181 cm³/mol. The van der Waals surface area contributed by atoms with Gasteiger partial charge in [0.05, 0.1) is 6.10 Å². The van der Waals surface area contributed by atoms with Crippen LogP contribution in [0.1, 0.15) is 12.5 Å². The number of aromatic hydroxyl groups is 5. The van der Waals surface area contributed by atoms with Crippen LogP contribution in [-0.4, -0.2) is 125 Å². The van der Waals surface area contributed by atoms with Crippen molar-refractivity contribution in [3.05, 3.63) is 76.5 Å². The smallest absolute Gasteiger partial charge is 0.330 e. The summed E-state index contributed by atoms with van der Waals surface area (Å²) >= 11 is 0. The summed E-state index contributed by atoms with van der Waals surface area (Å²) < 4.78 is 33.6. The molecule has 6 rings (SSSR count). The Labute approximate surface area is 304 Å². The van der Waals surface area contributed by atoms with Crippen LogP contribution in [0.5, 0.6) is 34.5 Å². The van der Waals surface area contributed by atoms with E-state index in [0.717, 1.165) is 12.1 Å². The zero-order valence-electron chi connectivity index (χ0n) is 28.1. The molecule has 2 saturated heterocycles. The van der Waals surface area contributed by atoms with Gasteiger partial charge in [0.2, 0.25) is 17.5 Å². The minimum Gasteiger partial charge on any atom is -0.508 e. The molecule has 0 bridgehead atoms. The molecule has 3 aromatic carbocycles. The number of carbonyl (C=O) groups excluding carboxylic acids is 1. The molecular weight excluding hydrogens is 720 g/mol. The van der Waals surface area contributed by atoms with Crippen LogP contribution in [0.15, 0.2) is 69.9 Å². The zero-order chi connectivity index (χ0) is 39.0. The normalized spacial score (nSPS) is 28.6. The van der Waals surface area contributed by atoms with Gasteiger partial charge in [-0.2, -0.15) is 0 Å². The van der Waals surface area contributed by atoms with Crippen LogP contribution in [-0.2, 0) is 23.7 Å². The monoisotopic (exact) mass is 756 g/mol. The van der Waals surface area contributed by atoms with Gasteiger partial charge in [-0.3, -0.25) is 4.79 Å². The molecule has 288 valence electrons. The van der Waals surface area contributed by atoms with E-state index < -0.39 is 96.7 Å². The first-order valence-electron chi connectivity index (χ1n) is 16.3. The fourth-order valence-corrected chi connectivity index (χ4v) is 5.91. The number of phenolic OH excluding ortho intramolecular Hbond substituents is 4. The van der Waals surface area contributed by atoms with Crippen LogP contribution in [0.3, 0.4) is 0 Å². The maximum Gasteiger partial charge on any atom is 0.330 e. The number of esters is 1.